The van der Waals surface area contributed by atoms with E-state index in [2.05, 4.69) is 25.2 Å². The van der Waals surface area contributed by atoms with E-state index in [1.807, 2.05) is 24.3 Å². The zero-order chi connectivity index (χ0) is 9.68. The lowest BCUT2D eigenvalue weighted by Gasteiger charge is -2.11. The molecule has 1 rings (SSSR count). The summed E-state index contributed by atoms with van der Waals surface area (Å²) in [6, 6.07) is 10.1. The van der Waals surface area contributed by atoms with Crippen molar-refractivity contribution in [1.82, 2.24) is 5.32 Å². The van der Waals surface area contributed by atoms with E-state index >= 15 is 0 Å². The van der Waals surface area contributed by atoms with Crippen molar-refractivity contribution < 1.29 is 0 Å². The fraction of sp³-hybridized carbons (Fsp3) is 0.364. The number of nitrogens with zero attached hydrogens (tertiary/aromatic N) is 1. The van der Waals surface area contributed by atoms with Gasteiger partial charge in [0.15, 0.2) is 0 Å². The van der Waals surface area contributed by atoms with Crippen LogP contribution in [-0.2, 0) is 0 Å². The Labute approximate surface area is 79.2 Å². The van der Waals surface area contributed by atoms with Crippen LogP contribution < -0.4 is 5.32 Å². The van der Waals surface area contributed by atoms with E-state index in [1.54, 1.807) is 0 Å². The molecule has 2 nitrogen and oxygen atoms in total. The van der Waals surface area contributed by atoms with E-state index in [9.17, 15) is 0 Å². The first kappa shape index (κ1) is 9.76. The first-order chi connectivity index (χ1) is 6.27. The molecule has 0 aromatic heterocycles. The van der Waals surface area contributed by atoms with Gasteiger partial charge < -0.3 is 5.32 Å². The summed E-state index contributed by atoms with van der Waals surface area (Å²) in [6.07, 6.45) is 0. The molecule has 0 fully saturated rings. The normalized spacial score (nSPS) is 12.1. The fourth-order valence-electron chi connectivity index (χ4n) is 1.27. The van der Waals surface area contributed by atoms with Gasteiger partial charge in [0.25, 0.3) is 0 Å². The SMILES string of the molecule is CCN[C@H](C)c1ccc(C#N)cc1. The molecule has 13 heavy (non-hydrogen) atoms. The van der Waals surface area contributed by atoms with Gasteiger partial charge in [0.2, 0.25) is 0 Å². The molecule has 0 aliphatic rings. The predicted octanol–water partition coefficient (Wildman–Crippen LogP) is 2.23. The monoisotopic (exact) mass is 174 g/mol. The summed E-state index contributed by atoms with van der Waals surface area (Å²) in [5.74, 6) is 0. The van der Waals surface area contributed by atoms with Crippen LogP contribution >= 0.6 is 0 Å². The summed E-state index contributed by atoms with van der Waals surface area (Å²) in [5.41, 5.74) is 1.94. The molecule has 0 amide bonds. The van der Waals surface area contributed by atoms with E-state index in [1.165, 1.54) is 5.56 Å². The Morgan fingerprint density at radius 2 is 2.00 bits per heavy atom. The van der Waals surface area contributed by atoms with Crippen molar-refractivity contribution in [3.63, 3.8) is 0 Å². The highest BCUT2D eigenvalue weighted by Crippen LogP contribution is 2.12. The van der Waals surface area contributed by atoms with Crippen molar-refractivity contribution in [2.45, 2.75) is 19.9 Å². The van der Waals surface area contributed by atoms with Crippen LogP contribution in [0, 0.1) is 11.3 Å². The fourth-order valence-corrected chi connectivity index (χ4v) is 1.27. The maximum atomic E-state index is 8.60. The minimum absolute atomic E-state index is 0.359. The van der Waals surface area contributed by atoms with Gasteiger partial charge in [0.05, 0.1) is 11.6 Å². The van der Waals surface area contributed by atoms with Gasteiger partial charge in [-0.05, 0) is 31.2 Å². The second-order valence-corrected chi connectivity index (χ2v) is 3.01. The third-order valence-corrected chi connectivity index (χ3v) is 2.05. The number of hydrogen-bond donors (Lipinski definition) is 1. The maximum absolute atomic E-state index is 8.60. The highest BCUT2D eigenvalue weighted by atomic mass is 14.9. The minimum atomic E-state index is 0.359. The summed E-state index contributed by atoms with van der Waals surface area (Å²) in [4.78, 5) is 0. The van der Waals surface area contributed by atoms with Crippen molar-refractivity contribution in [1.29, 1.82) is 5.26 Å². The number of nitrogens with one attached hydrogen (secondary N) is 1. The second kappa shape index (κ2) is 4.64. The Balaban J connectivity index is 2.75. The highest BCUT2D eigenvalue weighted by molar-refractivity contribution is 5.32. The van der Waals surface area contributed by atoms with Crippen LogP contribution in [0.2, 0.25) is 0 Å². The van der Waals surface area contributed by atoms with Gasteiger partial charge in [-0.3, -0.25) is 0 Å². The highest BCUT2D eigenvalue weighted by Gasteiger charge is 2.02. The van der Waals surface area contributed by atoms with Gasteiger partial charge in [-0.25, -0.2) is 0 Å². The molecule has 0 bridgehead atoms. The van der Waals surface area contributed by atoms with Gasteiger partial charge in [-0.2, -0.15) is 5.26 Å². The molecule has 0 aliphatic heterocycles. The Morgan fingerprint density at radius 3 is 2.46 bits per heavy atom. The Hall–Kier alpha value is -1.33. The van der Waals surface area contributed by atoms with Crippen LogP contribution in [0.3, 0.4) is 0 Å². The van der Waals surface area contributed by atoms with E-state index in [0.29, 0.717) is 11.6 Å². The summed E-state index contributed by atoms with van der Waals surface area (Å²) in [6.45, 7) is 5.16. The standard InChI is InChI=1S/C11H14N2/c1-3-13-9(2)11-6-4-10(8-12)5-7-11/h4-7,9,13H,3H2,1-2H3/t9-/m1/s1. The van der Waals surface area contributed by atoms with Crippen molar-refractivity contribution in [2.24, 2.45) is 0 Å². The van der Waals surface area contributed by atoms with Gasteiger partial charge in [-0.15, -0.1) is 0 Å². The molecule has 0 saturated heterocycles. The van der Waals surface area contributed by atoms with Crippen LogP contribution in [-0.4, -0.2) is 6.54 Å². The molecule has 1 aromatic rings. The van der Waals surface area contributed by atoms with Crippen LogP contribution in [0.4, 0.5) is 0 Å². The lowest BCUT2D eigenvalue weighted by molar-refractivity contribution is 0.598. The maximum Gasteiger partial charge on any atom is 0.0991 e. The van der Waals surface area contributed by atoms with E-state index in [0.717, 1.165) is 6.54 Å². The smallest absolute Gasteiger partial charge is 0.0991 e. The molecular formula is C11H14N2. The molecule has 0 unspecified atom stereocenters. The third-order valence-electron chi connectivity index (χ3n) is 2.05. The summed E-state index contributed by atoms with van der Waals surface area (Å²) in [5, 5.41) is 11.9. The Morgan fingerprint density at radius 1 is 1.38 bits per heavy atom. The second-order valence-electron chi connectivity index (χ2n) is 3.01. The zero-order valence-electron chi connectivity index (χ0n) is 8.04. The molecule has 0 heterocycles. The first-order valence-electron chi connectivity index (χ1n) is 4.51. The molecule has 1 aromatic carbocycles. The minimum Gasteiger partial charge on any atom is -0.310 e. The van der Waals surface area contributed by atoms with Gasteiger partial charge in [-0.1, -0.05) is 19.1 Å². The zero-order valence-corrected chi connectivity index (χ0v) is 8.04. The van der Waals surface area contributed by atoms with Crippen LogP contribution in [0.1, 0.15) is 31.0 Å². The molecule has 1 atom stereocenters. The van der Waals surface area contributed by atoms with Gasteiger partial charge in [0.1, 0.15) is 0 Å². The summed E-state index contributed by atoms with van der Waals surface area (Å²) < 4.78 is 0. The summed E-state index contributed by atoms with van der Waals surface area (Å²) in [7, 11) is 0. The molecule has 1 N–H and O–H groups in total. The number of benzene rings is 1. The molecule has 2 heteroatoms. The van der Waals surface area contributed by atoms with E-state index in [4.69, 9.17) is 5.26 Å². The summed E-state index contributed by atoms with van der Waals surface area (Å²) >= 11 is 0. The van der Waals surface area contributed by atoms with E-state index < -0.39 is 0 Å². The molecule has 68 valence electrons. The quantitative estimate of drug-likeness (QED) is 0.762. The number of rotatable bonds is 3. The van der Waals surface area contributed by atoms with Crippen molar-refractivity contribution in [2.75, 3.05) is 6.54 Å². The molecule has 0 aliphatic carbocycles. The van der Waals surface area contributed by atoms with Crippen LogP contribution in [0.25, 0.3) is 0 Å². The first-order valence-corrected chi connectivity index (χ1v) is 4.51. The third kappa shape index (κ3) is 2.57. The predicted molar refractivity (Wildman–Crippen MR) is 53.2 cm³/mol. The van der Waals surface area contributed by atoms with Gasteiger partial charge >= 0.3 is 0 Å². The Kier molecular flexibility index (Phi) is 3.48. The largest absolute Gasteiger partial charge is 0.310 e. The van der Waals surface area contributed by atoms with Crippen LogP contribution in [0.5, 0.6) is 0 Å². The number of nitriles is 1. The molecule has 0 spiro atoms. The van der Waals surface area contributed by atoms with Crippen molar-refractivity contribution in [3.05, 3.63) is 35.4 Å². The van der Waals surface area contributed by atoms with Crippen molar-refractivity contribution in [3.8, 4) is 6.07 Å². The number of hydrogen-bond acceptors (Lipinski definition) is 2. The average molecular weight is 174 g/mol. The van der Waals surface area contributed by atoms with E-state index in [-0.39, 0.29) is 0 Å². The Bertz CT molecular complexity index is 295. The lowest BCUT2D eigenvalue weighted by Crippen LogP contribution is -2.17. The topological polar surface area (TPSA) is 35.8 Å². The van der Waals surface area contributed by atoms with Crippen LogP contribution in [0.15, 0.2) is 24.3 Å². The molecule has 0 saturated carbocycles. The lowest BCUT2D eigenvalue weighted by atomic mass is 10.1. The average Bonchev–Trinajstić information content (AvgIpc) is 2.18. The van der Waals surface area contributed by atoms with Crippen molar-refractivity contribution >= 4 is 0 Å². The van der Waals surface area contributed by atoms with Gasteiger partial charge in [0, 0.05) is 6.04 Å². The molecule has 0 radical (unpaired) electrons. The molecular weight excluding hydrogens is 160 g/mol.